The van der Waals surface area contributed by atoms with Gasteiger partial charge in [0, 0.05) is 24.4 Å². The molecule has 1 aromatic heterocycles. The molecule has 19 heavy (non-hydrogen) atoms. The largest absolute Gasteiger partial charge is 0.396 e. The fourth-order valence-electron chi connectivity index (χ4n) is 2.82. The first-order valence-corrected chi connectivity index (χ1v) is 8.07. The molecule has 1 aliphatic rings. The van der Waals surface area contributed by atoms with E-state index in [1.54, 1.807) is 11.3 Å². The van der Waals surface area contributed by atoms with Gasteiger partial charge in [-0.15, -0.1) is 11.3 Å². The number of thiophene rings is 1. The Labute approximate surface area is 119 Å². The first kappa shape index (κ1) is 14.5. The number of hydrogen-bond acceptors (Lipinski definition) is 3. The van der Waals surface area contributed by atoms with Gasteiger partial charge in [-0.25, -0.2) is 0 Å². The maximum absolute atomic E-state index is 11.8. The molecule has 0 aliphatic heterocycles. The van der Waals surface area contributed by atoms with E-state index in [9.17, 15) is 9.90 Å². The highest BCUT2D eigenvalue weighted by Crippen LogP contribution is 2.29. The third-order valence-corrected chi connectivity index (χ3v) is 4.98. The van der Waals surface area contributed by atoms with Crippen LogP contribution in [0.2, 0.25) is 0 Å². The summed E-state index contributed by atoms with van der Waals surface area (Å²) in [5.74, 6) is 0.978. The van der Waals surface area contributed by atoms with Gasteiger partial charge in [-0.3, -0.25) is 4.79 Å². The zero-order chi connectivity index (χ0) is 13.5. The summed E-state index contributed by atoms with van der Waals surface area (Å²) >= 11 is 1.70. The van der Waals surface area contributed by atoms with E-state index in [1.807, 2.05) is 11.4 Å². The first-order chi connectivity index (χ1) is 9.29. The second-order valence-electron chi connectivity index (χ2n) is 5.37. The van der Waals surface area contributed by atoms with Crippen molar-refractivity contribution in [2.24, 2.45) is 11.8 Å². The molecule has 1 aromatic rings. The van der Waals surface area contributed by atoms with E-state index < -0.39 is 0 Å². The molecule has 1 fully saturated rings. The lowest BCUT2D eigenvalue weighted by Crippen LogP contribution is -2.35. The molecule has 3 nitrogen and oxygen atoms in total. The molecular formula is C15H23NO2S. The van der Waals surface area contributed by atoms with Gasteiger partial charge in [0.2, 0.25) is 5.91 Å². The highest BCUT2D eigenvalue weighted by molar-refractivity contribution is 7.09. The lowest BCUT2D eigenvalue weighted by atomic mass is 9.79. The van der Waals surface area contributed by atoms with Gasteiger partial charge in [0.05, 0.1) is 0 Å². The number of amides is 1. The molecule has 1 amide bonds. The molecule has 0 saturated heterocycles. The normalized spacial score (nSPS) is 23.2. The first-order valence-electron chi connectivity index (χ1n) is 7.19. The second kappa shape index (κ2) is 7.65. The minimum absolute atomic E-state index is 0.135. The molecule has 0 spiro atoms. The number of rotatable bonds is 6. The van der Waals surface area contributed by atoms with E-state index >= 15 is 0 Å². The Morgan fingerprint density at radius 3 is 2.84 bits per heavy atom. The molecular weight excluding hydrogens is 258 g/mol. The van der Waals surface area contributed by atoms with Crippen LogP contribution in [0, 0.1) is 11.8 Å². The van der Waals surface area contributed by atoms with Gasteiger partial charge in [-0.1, -0.05) is 18.9 Å². The van der Waals surface area contributed by atoms with E-state index in [-0.39, 0.29) is 12.5 Å². The molecule has 2 atom stereocenters. The van der Waals surface area contributed by atoms with Crippen LogP contribution < -0.4 is 5.32 Å². The predicted molar refractivity (Wildman–Crippen MR) is 78.2 cm³/mol. The molecule has 2 rings (SSSR count). The van der Waals surface area contributed by atoms with Crippen LogP contribution in [0.1, 0.15) is 37.0 Å². The Kier molecular flexibility index (Phi) is 5.86. The molecule has 2 N–H and O–H groups in total. The van der Waals surface area contributed by atoms with Crippen molar-refractivity contribution in [3.63, 3.8) is 0 Å². The number of nitrogens with one attached hydrogen (secondary N) is 1. The van der Waals surface area contributed by atoms with Crippen molar-refractivity contribution in [1.82, 2.24) is 5.32 Å². The summed E-state index contributed by atoms with van der Waals surface area (Å²) in [6.45, 7) is 0.990. The molecule has 1 heterocycles. The Balaban J connectivity index is 1.67. The van der Waals surface area contributed by atoms with Gasteiger partial charge < -0.3 is 10.4 Å². The minimum atomic E-state index is 0.135. The average Bonchev–Trinajstić information content (AvgIpc) is 2.96. The van der Waals surface area contributed by atoms with E-state index in [2.05, 4.69) is 11.4 Å². The lowest BCUT2D eigenvalue weighted by Gasteiger charge is -2.30. The number of aliphatic hydroxyl groups is 1. The van der Waals surface area contributed by atoms with Crippen molar-refractivity contribution in [2.75, 3.05) is 13.2 Å². The SMILES string of the molecule is O=C(CCc1cccs1)NCC1CCCCC1CO. The molecule has 1 saturated carbocycles. The van der Waals surface area contributed by atoms with Crippen LogP contribution in [-0.2, 0) is 11.2 Å². The third-order valence-electron chi connectivity index (χ3n) is 4.04. The number of carbonyl (C=O) groups excluding carboxylic acids is 1. The Bertz CT molecular complexity index is 378. The van der Waals surface area contributed by atoms with Crippen molar-refractivity contribution in [3.8, 4) is 0 Å². The van der Waals surface area contributed by atoms with Crippen molar-refractivity contribution in [3.05, 3.63) is 22.4 Å². The van der Waals surface area contributed by atoms with Crippen LogP contribution >= 0.6 is 11.3 Å². The van der Waals surface area contributed by atoms with Crippen molar-refractivity contribution in [2.45, 2.75) is 38.5 Å². The topological polar surface area (TPSA) is 49.3 Å². The van der Waals surface area contributed by atoms with Crippen LogP contribution in [0.3, 0.4) is 0 Å². The van der Waals surface area contributed by atoms with E-state index in [1.165, 1.54) is 17.7 Å². The van der Waals surface area contributed by atoms with Crippen molar-refractivity contribution >= 4 is 17.2 Å². The summed E-state index contributed by atoms with van der Waals surface area (Å²) in [5, 5.41) is 14.4. The summed E-state index contributed by atoms with van der Waals surface area (Å²) < 4.78 is 0. The third kappa shape index (κ3) is 4.62. The molecule has 2 unspecified atom stereocenters. The Morgan fingerprint density at radius 2 is 2.16 bits per heavy atom. The standard InChI is InChI=1S/C15H23NO2S/c17-11-13-5-2-1-4-12(13)10-16-15(18)8-7-14-6-3-9-19-14/h3,6,9,12-13,17H,1-2,4-5,7-8,10-11H2,(H,16,18). The smallest absolute Gasteiger partial charge is 0.220 e. The van der Waals surface area contributed by atoms with Gasteiger partial charge in [0.15, 0.2) is 0 Å². The monoisotopic (exact) mass is 281 g/mol. The van der Waals surface area contributed by atoms with E-state index in [0.717, 1.165) is 25.8 Å². The number of carbonyl (C=O) groups is 1. The maximum atomic E-state index is 11.8. The van der Waals surface area contributed by atoms with Crippen molar-refractivity contribution in [1.29, 1.82) is 0 Å². The summed E-state index contributed by atoms with van der Waals surface area (Å²) in [6.07, 6.45) is 6.08. The van der Waals surface area contributed by atoms with Gasteiger partial charge >= 0.3 is 0 Å². The highest BCUT2D eigenvalue weighted by atomic mass is 32.1. The Morgan fingerprint density at radius 1 is 1.37 bits per heavy atom. The van der Waals surface area contributed by atoms with Crippen molar-refractivity contribution < 1.29 is 9.90 Å². The molecule has 4 heteroatoms. The zero-order valence-corrected chi connectivity index (χ0v) is 12.1. The van der Waals surface area contributed by atoms with Gasteiger partial charge in [-0.2, -0.15) is 0 Å². The van der Waals surface area contributed by atoms with Crippen LogP contribution in [0.5, 0.6) is 0 Å². The van der Waals surface area contributed by atoms with Crippen LogP contribution in [0.25, 0.3) is 0 Å². The number of aryl methyl sites for hydroxylation is 1. The van der Waals surface area contributed by atoms with Crippen LogP contribution in [0.15, 0.2) is 17.5 Å². The van der Waals surface area contributed by atoms with Crippen LogP contribution in [-0.4, -0.2) is 24.2 Å². The van der Waals surface area contributed by atoms with E-state index in [0.29, 0.717) is 18.3 Å². The number of aliphatic hydroxyl groups excluding tert-OH is 1. The molecule has 0 bridgehead atoms. The predicted octanol–water partition coefficient (Wildman–Crippen LogP) is 2.60. The number of hydrogen-bond donors (Lipinski definition) is 2. The minimum Gasteiger partial charge on any atom is -0.396 e. The van der Waals surface area contributed by atoms with E-state index in [4.69, 9.17) is 0 Å². The molecule has 0 radical (unpaired) electrons. The Hall–Kier alpha value is -0.870. The zero-order valence-electron chi connectivity index (χ0n) is 11.3. The summed E-state index contributed by atoms with van der Waals surface area (Å²) in [7, 11) is 0. The summed E-state index contributed by atoms with van der Waals surface area (Å²) in [5.41, 5.74) is 0. The van der Waals surface area contributed by atoms with Crippen LogP contribution in [0.4, 0.5) is 0 Å². The van der Waals surface area contributed by atoms with Gasteiger partial charge in [0.25, 0.3) is 0 Å². The summed E-state index contributed by atoms with van der Waals surface area (Å²) in [4.78, 5) is 13.1. The quantitative estimate of drug-likeness (QED) is 0.842. The summed E-state index contributed by atoms with van der Waals surface area (Å²) in [6, 6.07) is 4.09. The maximum Gasteiger partial charge on any atom is 0.220 e. The fourth-order valence-corrected chi connectivity index (χ4v) is 3.53. The molecule has 0 aromatic carbocycles. The average molecular weight is 281 g/mol. The lowest BCUT2D eigenvalue weighted by molar-refractivity contribution is -0.121. The fraction of sp³-hybridized carbons (Fsp3) is 0.667. The molecule has 1 aliphatic carbocycles. The van der Waals surface area contributed by atoms with Gasteiger partial charge in [0.1, 0.15) is 0 Å². The molecule has 106 valence electrons. The second-order valence-corrected chi connectivity index (χ2v) is 6.40. The highest BCUT2D eigenvalue weighted by Gasteiger charge is 2.24. The van der Waals surface area contributed by atoms with Gasteiger partial charge in [-0.05, 0) is 42.5 Å².